The summed E-state index contributed by atoms with van der Waals surface area (Å²) in [5.74, 6) is -2.53. The fraction of sp³-hybridized carbons (Fsp3) is 0.300. The van der Waals surface area contributed by atoms with E-state index in [0.29, 0.717) is 31.0 Å². The molecule has 140 valence electrons. The van der Waals surface area contributed by atoms with Gasteiger partial charge in [0.2, 0.25) is 0 Å². The van der Waals surface area contributed by atoms with Gasteiger partial charge in [0.25, 0.3) is 5.92 Å². The van der Waals surface area contributed by atoms with Crippen LogP contribution in [0, 0.1) is 0 Å². The van der Waals surface area contributed by atoms with Gasteiger partial charge in [-0.25, -0.2) is 8.78 Å². The average molecular weight is 369 g/mol. The van der Waals surface area contributed by atoms with E-state index in [9.17, 15) is 8.78 Å². The van der Waals surface area contributed by atoms with E-state index in [1.54, 1.807) is 12.4 Å². The Bertz CT molecular complexity index is 985. The van der Waals surface area contributed by atoms with Gasteiger partial charge in [-0.1, -0.05) is 12.6 Å². The largest absolute Gasteiger partial charge is 0.397 e. The molecule has 0 radical (unpaired) electrons. The normalized spacial score (nSPS) is 17.3. The van der Waals surface area contributed by atoms with E-state index in [-0.39, 0.29) is 12.8 Å². The van der Waals surface area contributed by atoms with Gasteiger partial charge in [-0.05, 0) is 29.3 Å². The number of hydrogen-bond donors (Lipinski definition) is 2. The minimum atomic E-state index is -2.53. The zero-order valence-corrected chi connectivity index (χ0v) is 14.9. The standard InChI is InChI=1S/C20H21F2N5/c1-13(23)19-17-9-15(2-3-18(17)25-26-19)16-8-14(10-24-11-16)12-27-6-4-20(21,22)5-7-27/h2-3,8-11H,1,4-7,12,23H2,(H,25,26). The molecule has 1 aliphatic rings. The number of aromatic amines is 1. The van der Waals surface area contributed by atoms with Crippen molar-refractivity contribution < 1.29 is 8.78 Å². The molecule has 0 unspecified atom stereocenters. The highest BCUT2D eigenvalue weighted by molar-refractivity contribution is 5.92. The van der Waals surface area contributed by atoms with Crippen LogP contribution in [0.4, 0.5) is 8.78 Å². The van der Waals surface area contributed by atoms with Crippen molar-refractivity contribution in [3.63, 3.8) is 0 Å². The topological polar surface area (TPSA) is 70.8 Å². The first kappa shape index (κ1) is 17.6. The van der Waals surface area contributed by atoms with Crippen LogP contribution < -0.4 is 5.73 Å². The molecule has 1 aliphatic heterocycles. The molecule has 0 bridgehead atoms. The summed E-state index contributed by atoms with van der Waals surface area (Å²) >= 11 is 0. The number of aromatic nitrogens is 3. The Labute approximate surface area is 155 Å². The highest BCUT2D eigenvalue weighted by atomic mass is 19.3. The smallest absolute Gasteiger partial charge is 0.250 e. The van der Waals surface area contributed by atoms with Crippen LogP contribution in [-0.2, 0) is 6.54 Å². The second-order valence-electron chi connectivity index (χ2n) is 7.07. The number of pyridine rings is 1. The molecular formula is C20H21F2N5. The van der Waals surface area contributed by atoms with Crippen LogP contribution in [0.2, 0.25) is 0 Å². The maximum absolute atomic E-state index is 13.3. The van der Waals surface area contributed by atoms with Crippen LogP contribution >= 0.6 is 0 Å². The Morgan fingerprint density at radius 2 is 1.96 bits per heavy atom. The number of benzene rings is 1. The van der Waals surface area contributed by atoms with E-state index < -0.39 is 5.92 Å². The van der Waals surface area contributed by atoms with Gasteiger partial charge < -0.3 is 5.73 Å². The zero-order chi connectivity index (χ0) is 19.0. The third-order valence-corrected chi connectivity index (χ3v) is 4.99. The van der Waals surface area contributed by atoms with Gasteiger partial charge in [0.15, 0.2) is 0 Å². The summed E-state index contributed by atoms with van der Waals surface area (Å²) < 4.78 is 26.7. The van der Waals surface area contributed by atoms with Crippen molar-refractivity contribution in [2.75, 3.05) is 13.1 Å². The van der Waals surface area contributed by atoms with Crippen molar-refractivity contribution >= 4 is 16.6 Å². The Kier molecular flexibility index (Phi) is 4.39. The summed E-state index contributed by atoms with van der Waals surface area (Å²) in [6.07, 6.45) is 3.43. The lowest BCUT2D eigenvalue weighted by molar-refractivity contribution is -0.0566. The number of nitrogens with one attached hydrogen (secondary N) is 1. The molecule has 0 spiro atoms. The Hall–Kier alpha value is -2.80. The monoisotopic (exact) mass is 369 g/mol. The van der Waals surface area contributed by atoms with E-state index in [2.05, 4.69) is 27.8 Å². The third kappa shape index (κ3) is 3.68. The molecule has 0 saturated carbocycles. The van der Waals surface area contributed by atoms with Gasteiger partial charge in [-0.2, -0.15) is 5.10 Å². The molecule has 0 aliphatic carbocycles. The number of rotatable bonds is 4. The quantitative estimate of drug-likeness (QED) is 0.734. The summed E-state index contributed by atoms with van der Waals surface area (Å²) in [6.45, 7) is 5.19. The number of alkyl halides is 2. The number of fused-ring (bicyclic) bond motifs is 1. The van der Waals surface area contributed by atoms with Gasteiger partial charge in [0.05, 0.1) is 11.2 Å². The van der Waals surface area contributed by atoms with Crippen LogP contribution in [-0.4, -0.2) is 39.1 Å². The summed E-state index contributed by atoms with van der Waals surface area (Å²) in [5, 5.41) is 8.06. The second-order valence-corrected chi connectivity index (χ2v) is 7.07. The number of H-pyrrole nitrogens is 1. The molecule has 2 aromatic heterocycles. The molecule has 1 saturated heterocycles. The number of halogens is 2. The molecule has 1 fully saturated rings. The minimum absolute atomic E-state index is 0.0803. The van der Waals surface area contributed by atoms with E-state index in [0.717, 1.165) is 27.6 Å². The summed E-state index contributed by atoms with van der Waals surface area (Å²) in [7, 11) is 0. The maximum atomic E-state index is 13.3. The first-order valence-electron chi connectivity index (χ1n) is 8.89. The molecule has 4 rings (SSSR count). The van der Waals surface area contributed by atoms with Crippen molar-refractivity contribution in [1.82, 2.24) is 20.1 Å². The average Bonchev–Trinajstić information content (AvgIpc) is 3.07. The van der Waals surface area contributed by atoms with Crippen molar-refractivity contribution in [1.29, 1.82) is 0 Å². The number of nitrogens with two attached hydrogens (primary N) is 1. The lowest BCUT2D eigenvalue weighted by Crippen LogP contribution is -2.38. The molecule has 3 N–H and O–H groups in total. The summed E-state index contributed by atoms with van der Waals surface area (Å²) in [4.78, 5) is 6.39. The predicted octanol–water partition coefficient (Wildman–Crippen LogP) is 3.79. The van der Waals surface area contributed by atoms with E-state index >= 15 is 0 Å². The summed E-state index contributed by atoms with van der Waals surface area (Å²) in [5.41, 5.74) is 10.7. The van der Waals surface area contributed by atoms with Crippen LogP contribution in [0.15, 0.2) is 43.2 Å². The molecule has 3 heterocycles. The van der Waals surface area contributed by atoms with Crippen molar-refractivity contribution in [2.24, 2.45) is 5.73 Å². The Balaban J connectivity index is 1.58. The molecule has 0 amide bonds. The van der Waals surface area contributed by atoms with Gasteiger partial charge in [-0.15, -0.1) is 0 Å². The molecule has 5 nitrogen and oxygen atoms in total. The molecule has 3 aromatic rings. The number of piperidine rings is 1. The van der Waals surface area contributed by atoms with Crippen molar-refractivity contribution in [3.05, 3.63) is 54.5 Å². The van der Waals surface area contributed by atoms with Gasteiger partial charge in [0.1, 0.15) is 5.69 Å². The SMILES string of the molecule is C=C(N)c1n[nH]c2ccc(-c3cncc(CN4CCC(F)(F)CC4)c3)cc12. The van der Waals surface area contributed by atoms with Crippen molar-refractivity contribution in [3.8, 4) is 11.1 Å². The van der Waals surface area contributed by atoms with Gasteiger partial charge in [-0.3, -0.25) is 15.0 Å². The number of nitrogens with zero attached hydrogens (tertiary/aromatic N) is 3. The van der Waals surface area contributed by atoms with Crippen LogP contribution in [0.3, 0.4) is 0 Å². The molecule has 27 heavy (non-hydrogen) atoms. The van der Waals surface area contributed by atoms with Crippen molar-refractivity contribution in [2.45, 2.75) is 25.3 Å². The van der Waals surface area contributed by atoms with Crippen LogP contribution in [0.5, 0.6) is 0 Å². The van der Waals surface area contributed by atoms with Gasteiger partial charge in [0, 0.05) is 55.8 Å². The predicted molar refractivity (Wildman–Crippen MR) is 102 cm³/mol. The Morgan fingerprint density at radius 1 is 1.19 bits per heavy atom. The van der Waals surface area contributed by atoms with Crippen LogP contribution in [0.25, 0.3) is 27.7 Å². The van der Waals surface area contributed by atoms with E-state index in [1.807, 2.05) is 23.1 Å². The first-order chi connectivity index (χ1) is 12.9. The fourth-order valence-corrected chi connectivity index (χ4v) is 3.47. The molecule has 0 atom stereocenters. The van der Waals surface area contributed by atoms with E-state index in [4.69, 9.17) is 5.73 Å². The lowest BCUT2D eigenvalue weighted by Gasteiger charge is -2.31. The van der Waals surface area contributed by atoms with Crippen LogP contribution in [0.1, 0.15) is 24.1 Å². The highest BCUT2D eigenvalue weighted by Gasteiger charge is 2.33. The lowest BCUT2D eigenvalue weighted by atomic mass is 10.0. The fourth-order valence-electron chi connectivity index (χ4n) is 3.47. The van der Waals surface area contributed by atoms with E-state index in [1.165, 1.54) is 0 Å². The summed E-state index contributed by atoms with van der Waals surface area (Å²) in [6, 6.07) is 8.00. The third-order valence-electron chi connectivity index (χ3n) is 4.99. The number of likely N-dealkylation sites (tertiary alicyclic amines) is 1. The molecule has 1 aromatic carbocycles. The van der Waals surface area contributed by atoms with Gasteiger partial charge >= 0.3 is 0 Å². The highest BCUT2D eigenvalue weighted by Crippen LogP contribution is 2.30. The number of hydrogen-bond acceptors (Lipinski definition) is 4. The Morgan fingerprint density at radius 3 is 2.70 bits per heavy atom. The second kappa shape index (κ2) is 6.74. The maximum Gasteiger partial charge on any atom is 0.250 e. The minimum Gasteiger partial charge on any atom is -0.397 e. The molecular weight excluding hydrogens is 348 g/mol. The first-order valence-corrected chi connectivity index (χ1v) is 8.89. The zero-order valence-electron chi connectivity index (χ0n) is 14.9. The molecule has 7 heteroatoms.